The minimum absolute atomic E-state index is 0.636. The zero-order valence-corrected chi connectivity index (χ0v) is 10.4. The molecule has 90 valence electrons. The molecule has 0 fully saturated rings. The fourth-order valence-electron chi connectivity index (χ4n) is 1.75. The van der Waals surface area contributed by atoms with Gasteiger partial charge in [-0.3, -0.25) is 5.10 Å². The highest BCUT2D eigenvalue weighted by Crippen LogP contribution is 2.20. The third kappa shape index (κ3) is 3.09. The average Bonchev–Trinajstić information content (AvgIpc) is 2.89. The summed E-state index contributed by atoms with van der Waals surface area (Å²) in [6, 6.07) is 10.6. The summed E-state index contributed by atoms with van der Waals surface area (Å²) in [5.41, 5.74) is 3.64. The first-order valence-electron chi connectivity index (χ1n) is 6.11. The van der Waals surface area contributed by atoms with E-state index in [9.17, 15) is 0 Å². The van der Waals surface area contributed by atoms with Gasteiger partial charge < -0.3 is 5.32 Å². The van der Waals surface area contributed by atoms with Crippen LogP contribution in [0.25, 0.3) is 0 Å². The Hall–Kier alpha value is -1.77. The number of anilines is 1. The number of benzene rings is 1. The molecule has 2 rings (SSSR count). The molecule has 17 heavy (non-hydrogen) atoms. The molecule has 1 aromatic heterocycles. The highest BCUT2D eigenvalue weighted by atomic mass is 15.1. The minimum atomic E-state index is 0.636. The zero-order valence-electron chi connectivity index (χ0n) is 10.4. The van der Waals surface area contributed by atoms with Crippen molar-refractivity contribution in [1.82, 2.24) is 10.2 Å². The monoisotopic (exact) mass is 229 g/mol. The van der Waals surface area contributed by atoms with Gasteiger partial charge in [0.2, 0.25) is 0 Å². The van der Waals surface area contributed by atoms with Gasteiger partial charge in [0.1, 0.15) is 0 Å². The predicted molar refractivity (Wildman–Crippen MR) is 71.1 cm³/mol. The molecular weight excluding hydrogens is 210 g/mol. The lowest BCUT2D eigenvalue weighted by molar-refractivity contribution is 0.734. The zero-order chi connectivity index (χ0) is 12.1. The van der Waals surface area contributed by atoms with Crippen molar-refractivity contribution in [2.75, 3.05) is 5.32 Å². The minimum Gasteiger partial charge on any atom is -0.379 e. The van der Waals surface area contributed by atoms with Crippen LogP contribution in [0, 0.1) is 0 Å². The van der Waals surface area contributed by atoms with Gasteiger partial charge in [0, 0.05) is 11.9 Å². The van der Waals surface area contributed by atoms with Gasteiger partial charge in [-0.15, -0.1) is 0 Å². The standard InChI is InChI=1S/C14H19N3/c1-3-11(2)12-4-6-13(7-5-12)15-10-14-8-9-16-17-14/h4-9,11,15H,3,10H2,1-2H3,(H,16,17). The van der Waals surface area contributed by atoms with Crippen molar-refractivity contribution >= 4 is 5.69 Å². The molecule has 0 spiro atoms. The first-order valence-corrected chi connectivity index (χ1v) is 6.11. The topological polar surface area (TPSA) is 40.7 Å². The van der Waals surface area contributed by atoms with Crippen molar-refractivity contribution in [2.45, 2.75) is 32.7 Å². The molecule has 1 heterocycles. The van der Waals surface area contributed by atoms with Crippen molar-refractivity contribution in [3.05, 3.63) is 47.8 Å². The number of aromatic nitrogens is 2. The second-order valence-electron chi connectivity index (χ2n) is 4.37. The van der Waals surface area contributed by atoms with E-state index in [4.69, 9.17) is 0 Å². The Labute approximate surface area is 102 Å². The molecule has 0 radical (unpaired) electrons. The van der Waals surface area contributed by atoms with Gasteiger partial charge in [0.25, 0.3) is 0 Å². The molecule has 1 aromatic carbocycles. The summed E-state index contributed by atoms with van der Waals surface area (Å²) in [7, 11) is 0. The number of rotatable bonds is 5. The smallest absolute Gasteiger partial charge is 0.0567 e. The van der Waals surface area contributed by atoms with Crippen molar-refractivity contribution < 1.29 is 0 Å². The maximum Gasteiger partial charge on any atom is 0.0567 e. The number of nitrogens with one attached hydrogen (secondary N) is 2. The van der Waals surface area contributed by atoms with E-state index in [1.807, 2.05) is 6.07 Å². The van der Waals surface area contributed by atoms with E-state index in [0.29, 0.717) is 5.92 Å². The van der Waals surface area contributed by atoms with Gasteiger partial charge in [-0.25, -0.2) is 0 Å². The average molecular weight is 229 g/mol. The number of hydrogen-bond acceptors (Lipinski definition) is 2. The summed E-state index contributed by atoms with van der Waals surface area (Å²) >= 11 is 0. The SMILES string of the molecule is CCC(C)c1ccc(NCc2ccn[nH]2)cc1. The van der Waals surface area contributed by atoms with Gasteiger partial charge in [0.15, 0.2) is 0 Å². The first-order chi connectivity index (χ1) is 8.29. The molecule has 0 bridgehead atoms. The second kappa shape index (κ2) is 5.53. The van der Waals surface area contributed by atoms with E-state index in [0.717, 1.165) is 17.9 Å². The van der Waals surface area contributed by atoms with E-state index in [-0.39, 0.29) is 0 Å². The Balaban J connectivity index is 1.94. The molecule has 2 N–H and O–H groups in total. The normalized spacial score (nSPS) is 12.4. The number of aromatic amines is 1. The van der Waals surface area contributed by atoms with Gasteiger partial charge in [-0.1, -0.05) is 26.0 Å². The molecule has 3 nitrogen and oxygen atoms in total. The van der Waals surface area contributed by atoms with E-state index in [1.165, 1.54) is 12.0 Å². The third-order valence-corrected chi connectivity index (χ3v) is 3.13. The summed E-state index contributed by atoms with van der Waals surface area (Å²) in [5.74, 6) is 0.636. The lowest BCUT2D eigenvalue weighted by Gasteiger charge is -2.10. The fraction of sp³-hybridized carbons (Fsp3) is 0.357. The van der Waals surface area contributed by atoms with Crippen LogP contribution in [0.4, 0.5) is 5.69 Å². The summed E-state index contributed by atoms with van der Waals surface area (Å²) in [6.07, 6.45) is 2.95. The lowest BCUT2D eigenvalue weighted by atomic mass is 9.99. The molecule has 1 atom stereocenters. The van der Waals surface area contributed by atoms with Crippen LogP contribution in [-0.2, 0) is 6.54 Å². The van der Waals surface area contributed by atoms with E-state index < -0.39 is 0 Å². The van der Waals surface area contributed by atoms with Crippen LogP contribution in [0.1, 0.15) is 37.4 Å². The quantitative estimate of drug-likeness (QED) is 0.823. The number of hydrogen-bond donors (Lipinski definition) is 2. The molecular formula is C14H19N3. The Morgan fingerprint density at radius 3 is 2.59 bits per heavy atom. The van der Waals surface area contributed by atoms with E-state index in [2.05, 4.69) is 53.6 Å². The number of nitrogens with zero attached hydrogens (tertiary/aromatic N) is 1. The Morgan fingerprint density at radius 1 is 1.24 bits per heavy atom. The Bertz CT molecular complexity index is 431. The maximum atomic E-state index is 3.92. The molecule has 0 amide bonds. The van der Waals surface area contributed by atoms with Crippen LogP contribution >= 0.6 is 0 Å². The highest BCUT2D eigenvalue weighted by molar-refractivity contribution is 5.45. The van der Waals surface area contributed by atoms with Crippen LogP contribution in [0.3, 0.4) is 0 Å². The summed E-state index contributed by atoms with van der Waals surface area (Å²) in [6.45, 7) is 5.25. The Morgan fingerprint density at radius 2 is 2.00 bits per heavy atom. The van der Waals surface area contributed by atoms with Gasteiger partial charge in [-0.2, -0.15) is 5.10 Å². The van der Waals surface area contributed by atoms with Crippen molar-refractivity contribution in [3.8, 4) is 0 Å². The fourth-order valence-corrected chi connectivity index (χ4v) is 1.75. The highest BCUT2D eigenvalue weighted by Gasteiger charge is 2.02. The molecule has 3 heteroatoms. The summed E-state index contributed by atoms with van der Waals surface area (Å²) < 4.78 is 0. The molecule has 0 saturated heterocycles. The Kier molecular flexibility index (Phi) is 3.81. The molecule has 0 saturated carbocycles. The molecule has 2 aromatic rings. The van der Waals surface area contributed by atoms with Crippen molar-refractivity contribution in [1.29, 1.82) is 0 Å². The van der Waals surface area contributed by atoms with E-state index in [1.54, 1.807) is 6.20 Å². The van der Waals surface area contributed by atoms with Gasteiger partial charge in [0.05, 0.1) is 12.2 Å². The van der Waals surface area contributed by atoms with Crippen LogP contribution in [0.2, 0.25) is 0 Å². The second-order valence-corrected chi connectivity index (χ2v) is 4.37. The first kappa shape index (κ1) is 11.7. The predicted octanol–water partition coefficient (Wildman–Crippen LogP) is 3.54. The number of H-pyrrole nitrogens is 1. The van der Waals surface area contributed by atoms with Crippen LogP contribution < -0.4 is 5.32 Å². The van der Waals surface area contributed by atoms with Crippen molar-refractivity contribution in [3.63, 3.8) is 0 Å². The molecule has 0 aliphatic heterocycles. The van der Waals surface area contributed by atoms with Crippen molar-refractivity contribution in [2.24, 2.45) is 0 Å². The summed E-state index contributed by atoms with van der Waals surface area (Å²) in [5, 5.41) is 10.2. The van der Waals surface area contributed by atoms with E-state index >= 15 is 0 Å². The van der Waals surface area contributed by atoms with Crippen LogP contribution in [0.15, 0.2) is 36.5 Å². The largest absolute Gasteiger partial charge is 0.379 e. The third-order valence-electron chi connectivity index (χ3n) is 3.13. The molecule has 0 aliphatic carbocycles. The maximum absolute atomic E-state index is 3.92. The lowest BCUT2D eigenvalue weighted by Crippen LogP contribution is -2.00. The van der Waals surface area contributed by atoms with Gasteiger partial charge >= 0.3 is 0 Å². The van der Waals surface area contributed by atoms with Gasteiger partial charge in [-0.05, 0) is 36.1 Å². The summed E-state index contributed by atoms with van der Waals surface area (Å²) in [4.78, 5) is 0. The van der Waals surface area contributed by atoms with Crippen LogP contribution in [0.5, 0.6) is 0 Å². The molecule has 1 unspecified atom stereocenters. The van der Waals surface area contributed by atoms with Crippen LogP contribution in [-0.4, -0.2) is 10.2 Å². The molecule has 0 aliphatic rings.